The van der Waals surface area contributed by atoms with Crippen LogP contribution in [0.4, 0.5) is 0 Å². The van der Waals surface area contributed by atoms with E-state index in [1.165, 1.54) is 44.9 Å². The van der Waals surface area contributed by atoms with E-state index in [1.807, 2.05) is 0 Å². The van der Waals surface area contributed by atoms with Crippen molar-refractivity contribution in [3.63, 3.8) is 0 Å². The molecule has 21 heavy (non-hydrogen) atoms. The maximum Gasteiger partial charge on any atom is 0.139 e. The molecule has 5 rings (SSSR count). The highest BCUT2D eigenvalue weighted by molar-refractivity contribution is 5.87. The highest BCUT2D eigenvalue weighted by Crippen LogP contribution is 2.71. The molecule has 5 fully saturated rings. The van der Waals surface area contributed by atoms with Gasteiger partial charge >= 0.3 is 0 Å². The molecular formula is C20H32O. The number of Topliss-reactive ketones (excluding diaryl/α,β-unsaturated/α-hetero) is 1. The molecule has 1 spiro atoms. The van der Waals surface area contributed by atoms with E-state index in [-0.39, 0.29) is 5.41 Å². The summed E-state index contributed by atoms with van der Waals surface area (Å²) in [6.45, 7) is 9.98. The Morgan fingerprint density at radius 1 is 1.05 bits per heavy atom. The average Bonchev–Trinajstić information content (AvgIpc) is 2.38. The molecule has 0 amide bonds. The molecule has 0 aromatic carbocycles. The number of fused-ring (bicyclic) bond motifs is 3. The van der Waals surface area contributed by atoms with Gasteiger partial charge in [-0.05, 0) is 73.0 Å². The molecule has 1 nitrogen and oxygen atoms in total. The Bertz CT molecular complexity index is 478. The van der Waals surface area contributed by atoms with E-state index in [9.17, 15) is 4.79 Å². The Hall–Kier alpha value is -0.330. The second-order valence-corrected chi connectivity index (χ2v) is 9.95. The van der Waals surface area contributed by atoms with Crippen LogP contribution in [0.25, 0.3) is 0 Å². The lowest BCUT2D eigenvalue weighted by Crippen LogP contribution is -2.63. The number of carbonyl (C=O) groups is 1. The fourth-order valence-corrected chi connectivity index (χ4v) is 7.70. The second-order valence-electron chi connectivity index (χ2n) is 9.95. The molecule has 118 valence electrons. The maximum atomic E-state index is 12.9. The zero-order valence-corrected chi connectivity index (χ0v) is 14.4. The van der Waals surface area contributed by atoms with Crippen LogP contribution >= 0.6 is 0 Å². The maximum absolute atomic E-state index is 12.9. The molecule has 6 atom stereocenters. The fourth-order valence-electron chi connectivity index (χ4n) is 7.70. The van der Waals surface area contributed by atoms with Gasteiger partial charge < -0.3 is 0 Å². The Morgan fingerprint density at radius 3 is 2.57 bits per heavy atom. The number of ketones is 1. The highest BCUT2D eigenvalue weighted by atomic mass is 16.1. The second kappa shape index (κ2) is 4.15. The summed E-state index contributed by atoms with van der Waals surface area (Å²) in [4.78, 5) is 12.9. The van der Waals surface area contributed by atoms with Crippen molar-refractivity contribution in [2.24, 2.45) is 39.9 Å². The molecule has 1 heteroatoms. The van der Waals surface area contributed by atoms with Crippen LogP contribution in [-0.2, 0) is 4.79 Å². The number of hydrogen-bond acceptors (Lipinski definition) is 1. The van der Waals surface area contributed by atoms with E-state index in [1.54, 1.807) is 0 Å². The van der Waals surface area contributed by atoms with Crippen LogP contribution in [0.5, 0.6) is 0 Å². The molecule has 0 aliphatic heterocycles. The smallest absolute Gasteiger partial charge is 0.139 e. The minimum absolute atomic E-state index is 0.0901. The van der Waals surface area contributed by atoms with Gasteiger partial charge in [0.25, 0.3) is 0 Å². The first-order valence-corrected chi connectivity index (χ1v) is 9.33. The van der Waals surface area contributed by atoms with Gasteiger partial charge in [-0.3, -0.25) is 4.79 Å². The van der Waals surface area contributed by atoms with Gasteiger partial charge in [-0.2, -0.15) is 0 Å². The lowest BCUT2D eigenvalue weighted by atomic mass is 9.36. The first-order chi connectivity index (χ1) is 9.80. The Kier molecular flexibility index (Phi) is 2.82. The molecule has 2 unspecified atom stereocenters. The minimum atomic E-state index is 0.0901. The third kappa shape index (κ3) is 1.67. The van der Waals surface area contributed by atoms with Crippen molar-refractivity contribution in [3.05, 3.63) is 0 Å². The van der Waals surface area contributed by atoms with Crippen LogP contribution in [0, 0.1) is 39.9 Å². The molecule has 0 aromatic heterocycles. The highest BCUT2D eigenvalue weighted by Gasteiger charge is 2.66. The van der Waals surface area contributed by atoms with E-state index in [0.717, 1.165) is 18.3 Å². The monoisotopic (exact) mass is 288 g/mol. The SMILES string of the molecule is CC1C[C@]23CCC4C(C)(C)CCC[C@]4(C)[C@H]2C[C@@H]1CC3=O. The summed E-state index contributed by atoms with van der Waals surface area (Å²) in [5.41, 5.74) is 1.02. The minimum Gasteiger partial charge on any atom is -0.299 e. The van der Waals surface area contributed by atoms with Crippen LogP contribution in [0.3, 0.4) is 0 Å². The normalized spacial score (nSPS) is 55.0. The molecule has 5 saturated carbocycles. The lowest BCUT2D eigenvalue weighted by Gasteiger charge is -2.67. The topological polar surface area (TPSA) is 17.1 Å². The molecule has 2 bridgehead atoms. The fraction of sp³-hybridized carbons (Fsp3) is 0.950. The van der Waals surface area contributed by atoms with E-state index in [2.05, 4.69) is 27.7 Å². The zero-order chi connectivity index (χ0) is 15.0. The number of hydrogen-bond donors (Lipinski definition) is 0. The summed E-state index contributed by atoms with van der Waals surface area (Å²) in [5.74, 6) is 3.69. The summed E-state index contributed by atoms with van der Waals surface area (Å²) in [6, 6.07) is 0. The number of carbonyl (C=O) groups excluding carboxylic acids is 1. The van der Waals surface area contributed by atoms with E-state index >= 15 is 0 Å². The molecule has 0 radical (unpaired) electrons. The van der Waals surface area contributed by atoms with Crippen molar-refractivity contribution < 1.29 is 4.79 Å². The Balaban J connectivity index is 1.77. The summed E-state index contributed by atoms with van der Waals surface area (Å²) in [7, 11) is 0. The molecule has 0 N–H and O–H groups in total. The van der Waals surface area contributed by atoms with Crippen LogP contribution < -0.4 is 0 Å². The van der Waals surface area contributed by atoms with E-state index < -0.39 is 0 Å². The standard InChI is InChI=1S/C20H32O/c1-13-12-20-9-6-15-18(2,3)7-5-8-19(15,4)16(20)10-14(13)11-17(20)21/h13-16H,5-12H2,1-4H3/t13?,14-,15?,16-,19+,20-/m1/s1. The molecule has 0 aromatic rings. The van der Waals surface area contributed by atoms with Gasteiger partial charge in [-0.1, -0.05) is 34.1 Å². The van der Waals surface area contributed by atoms with Crippen molar-refractivity contribution >= 4 is 5.78 Å². The van der Waals surface area contributed by atoms with E-state index in [4.69, 9.17) is 0 Å². The van der Waals surface area contributed by atoms with Crippen LogP contribution in [0.2, 0.25) is 0 Å². The van der Waals surface area contributed by atoms with E-state index in [0.29, 0.717) is 28.4 Å². The van der Waals surface area contributed by atoms with Gasteiger partial charge in [0.05, 0.1) is 0 Å². The first-order valence-electron chi connectivity index (χ1n) is 9.33. The molecular weight excluding hydrogens is 256 g/mol. The summed E-state index contributed by atoms with van der Waals surface area (Å²) < 4.78 is 0. The predicted molar refractivity (Wildman–Crippen MR) is 85.9 cm³/mol. The molecule has 0 heterocycles. The van der Waals surface area contributed by atoms with Crippen molar-refractivity contribution in [3.8, 4) is 0 Å². The van der Waals surface area contributed by atoms with Gasteiger partial charge in [0.15, 0.2) is 0 Å². The van der Waals surface area contributed by atoms with Gasteiger partial charge in [0, 0.05) is 11.8 Å². The quantitative estimate of drug-likeness (QED) is 0.596. The van der Waals surface area contributed by atoms with Gasteiger partial charge in [-0.25, -0.2) is 0 Å². The largest absolute Gasteiger partial charge is 0.299 e. The van der Waals surface area contributed by atoms with Crippen molar-refractivity contribution in [1.82, 2.24) is 0 Å². The Labute approximate surface area is 130 Å². The third-order valence-electron chi connectivity index (χ3n) is 8.65. The van der Waals surface area contributed by atoms with Crippen molar-refractivity contribution in [2.75, 3.05) is 0 Å². The first kappa shape index (κ1) is 14.3. The summed E-state index contributed by atoms with van der Waals surface area (Å²) in [5, 5.41) is 0. The summed E-state index contributed by atoms with van der Waals surface area (Å²) >= 11 is 0. The number of rotatable bonds is 0. The average molecular weight is 288 g/mol. The van der Waals surface area contributed by atoms with Gasteiger partial charge in [-0.15, -0.1) is 0 Å². The van der Waals surface area contributed by atoms with Crippen molar-refractivity contribution in [2.45, 2.75) is 79.1 Å². The zero-order valence-electron chi connectivity index (χ0n) is 14.4. The van der Waals surface area contributed by atoms with Crippen molar-refractivity contribution in [1.29, 1.82) is 0 Å². The molecule has 5 aliphatic rings. The Morgan fingerprint density at radius 2 is 1.81 bits per heavy atom. The van der Waals surface area contributed by atoms with Crippen LogP contribution in [-0.4, -0.2) is 5.78 Å². The molecule has 5 aliphatic carbocycles. The van der Waals surface area contributed by atoms with Gasteiger partial charge in [0.1, 0.15) is 5.78 Å². The van der Waals surface area contributed by atoms with Crippen LogP contribution in [0.15, 0.2) is 0 Å². The summed E-state index contributed by atoms with van der Waals surface area (Å²) in [6.07, 6.45) is 10.1. The third-order valence-corrected chi connectivity index (χ3v) is 8.65. The molecule has 0 saturated heterocycles. The van der Waals surface area contributed by atoms with Gasteiger partial charge in [0.2, 0.25) is 0 Å². The predicted octanol–water partition coefficient (Wildman–Crippen LogP) is 5.23. The lowest BCUT2D eigenvalue weighted by molar-refractivity contribution is -0.194. The van der Waals surface area contributed by atoms with Crippen LogP contribution in [0.1, 0.15) is 79.1 Å².